The lowest BCUT2D eigenvalue weighted by atomic mass is 9.90. The molecular weight excluding hydrogens is 364 g/mol. The fraction of sp³-hybridized carbons (Fsp3) is 0.500. The van der Waals surface area contributed by atoms with Crippen molar-refractivity contribution in [1.82, 2.24) is 15.1 Å². The quantitative estimate of drug-likeness (QED) is 0.823. The molecule has 0 unspecified atom stereocenters. The number of amides is 1. The van der Waals surface area contributed by atoms with E-state index in [1.165, 1.54) is 12.8 Å². The fourth-order valence-electron chi connectivity index (χ4n) is 4.02. The lowest BCUT2D eigenvalue weighted by Gasteiger charge is -2.18. The molecule has 7 heteroatoms. The number of hydrogen-bond donors (Lipinski definition) is 2. The lowest BCUT2D eigenvalue weighted by molar-refractivity contribution is -0.119. The van der Waals surface area contributed by atoms with Crippen molar-refractivity contribution >= 4 is 24.0 Å². The van der Waals surface area contributed by atoms with Gasteiger partial charge < -0.3 is 15.4 Å². The number of rotatable bonds is 5. The zero-order valence-electron chi connectivity index (χ0n) is 15.6. The summed E-state index contributed by atoms with van der Waals surface area (Å²) in [5.74, 6) is 0.935. The first-order chi connectivity index (χ1) is 12.7. The first-order valence-corrected chi connectivity index (χ1v) is 9.46. The molecule has 146 valence electrons. The Morgan fingerprint density at radius 3 is 2.85 bits per heavy atom. The van der Waals surface area contributed by atoms with Gasteiger partial charge in [-0.1, -0.05) is 6.07 Å². The molecule has 1 saturated carbocycles. The van der Waals surface area contributed by atoms with Gasteiger partial charge >= 0.3 is 0 Å². The van der Waals surface area contributed by atoms with E-state index in [1.54, 1.807) is 4.68 Å². The van der Waals surface area contributed by atoms with Crippen LogP contribution < -0.4 is 15.4 Å². The Bertz CT molecular complexity index is 773. The number of aromatic nitrogens is 2. The Hall–Kier alpha value is -2.05. The molecule has 2 fully saturated rings. The number of benzene rings is 1. The largest absolute Gasteiger partial charge is 0.490 e. The molecular formula is C20H27ClN4O2. The van der Waals surface area contributed by atoms with Crippen LogP contribution in [0.1, 0.15) is 37.2 Å². The van der Waals surface area contributed by atoms with Gasteiger partial charge in [-0.3, -0.25) is 9.48 Å². The van der Waals surface area contributed by atoms with Gasteiger partial charge in [0.1, 0.15) is 5.75 Å². The smallest absolute Gasteiger partial charge is 0.229 e. The van der Waals surface area contributed by atoms with Crippen LogP contribution in [-0.4, -0.2) is 34.9 Å². The Morgan fingerprint density at radius 2 is 2.11 bits per heavy atom. The summed E-state index contributed by atoms with van der Waals surface area (Å²) >= 11 is 0. The molecule has 2 aromatic rings. The number of hydrogen-bond acceptors (Lipinski definition) is 4. The Kier molecular flexibility index (Phi) is 6.39. The van der Waals surface area contributed by atoms with Crippen LogP contribution in [0.4, 0.5) is 5.69 Å². The minimum atomic E-state index is -0.0985. The summed E-state index contributed by atoms with van der Waals surface area (Å²) in [4.78, 5) is 12.8. The van der Waals surface area contributed by atoms with Gasteiger partial charge in [-0.2, -0.15) is 5.10 Å². The van der Waals surface area contributed by atoms with Gasteiger partial charge in [0.15, 0.2) is 0 Å². The number of carbonyl (C=O) groups is 1. The van der Waals surface area contributed by atoms with Gasteiger partial charge in [0.2, 0.25) is 5.91 Å². The Balaban J connectivity index is 0.00000210. The highest BCUT2D eigenvalue weighted by atomic mass is 35.5. The molecule has 0 bridgehead atoms. The van der Waals surface area contributed by atoms with E-state index in [-0.39, 0.29) is 30.2 Å². The molecule has 2 heterocycles. The van der Waals surface area contributed by atoms with Crippen molar-refractivity contribution in [3.05, 3.63) is 42.2 Å². The average molecular weight is 391 g/mol. The van der Waals surface area contributed by atoms with Crippen LogP contribution in [0.25, 0.3) is 0 Å². The van der Waals surface area contributed by atoms with Crippen molar-refractivity contribution in [2.45, 2.75) is 37.7 Å². The number of halogens is 1. The van der Waals surface area contributed by atoms with E-state index in [0.29, 0.717) is 12.6 Å². The van der Waals surface area contributed by atoms with E-state index < -0.39 is 0 Å². The van der Waals surface area contributed by atoms with Crippen molar-refractivity contribution in [2.24, 2.45) is 13.0 Å². The third kappa shape index (κ3) is 4.62. The van der Waals surface area contributed by atoms with Gasteiger partial charge in [-0.05, 0) is 43.4 Å². The average Bonchev–Trinajstić information content (AvgIpc) is 3.36. The van der Waals surface area contributed by atoms with E-state index in [9.17, 15) is 4.79 Å². The van der Waals surface area contributed by atoms with Crippen LogP contribution in [0.15, 0.2) is 36.7 Å². The van der Waals surface area contributed by atoms with Crippen molar-refractivity contribution in [3.63, 3.8) is 0 Å². The minimum absolute atomic E-state index is 0. The van der Waals surface area contributed by atoms with Gasteiger partial charge in [0.25, 0.3) is 0 Å². The van der Waals surface area contributed by atoms with Gasteiger partial charge in [0.05, 0.1) is 18.2 Å². The number of anilines is 1. The van der Waals surface area contributed by atoms with Gasteiger partial charge in [-0.25, -0.2) is 0 Å². The normalized spacial score (nSPS) is 22.4. The molecule has 1 amide bonds. The highest BCUT2D eigenvalue weighted by Crippen LogP contribution is 2.30. The maximum Gasteiger partial charge on any atom is 0.229 e. The molecule has 1 aromatic heterocycles. The molecule has 0 spiro atoms. The minimum Gasteiger partial charge on any atom is -0.490 e. The zero-order chi connectivity index (χ0) is 17.9. The van der Waals surface area contributed by atoms with Crippen molar-refractivity contribution in [3.8, 4) is 5.75 Å². The van der Waals surface area contributed by atoms with Crippen molar-refractivity contribution in [2.75, 3.05) is 18.4 Å². The molecule has 1 aromatic carbocycles. The molecule has 4 rings (SSSR count). The van der Waals surface area contributed by atoms with Crippen molar-refractivity contribution in [1.29, 1.82) is 0 Å². The molecule has 1 aliphatic carbocycles. The predicted octanol–water partition coefficient (Wildman–Crippen LogP) is 3.11. The molecule has 2 atom stereocenters. The second kappa shape index (κ2) is 8.76. The van der Waals surface area contributed by atoms with E-state index >= 15 is 0 Å². The number of aryl methyl sites for hydroxylation is 1. The molecule has 2 N–H and O–H groups in total. The summed E-state index contributed by atoms with van der Waals surface area (Å²) in [6.45, 7) is 1.48. The fourth-order valence-corrected chi connectivity index (χ4v) is 4.02. The second-order valence-corrected chi connectivity index (χ2v) is 7.36. The number of ether oxygens (including phenoxy) is 1. The monoisotopic (exact) mass is 390 g/mol. The van der Waals surface area contributed by atoms with Gasteiger partial charge in [0, 0.05) is 44.0 Å². The summed E-state index contributed by atoms with van der Waals surface area (Å²) in [7, 11) is 1.90. The highest BCUT2D eigenvalue weighted by molar-refractivity contribution is 5.93. The summed E-state index contributed by atoms with van der Waals surface area (Å²) in [5, 5.41) is 10.6. The number of nitrogens with one attached hydrogen (secondary N) is 2. The predicted molar refractivity (Wildman–Crippen MR) is 108 cm³/mol. The Morgan fingerprint density at radius 1 is 1.30 bits per heavy atom. The van der Waals surface area contributed by atoms with E-state index in [0.717, 1.165) is 36.4 Å². The summed E-state index contributed by atoms with van der Waals surface area (Å²) in [5.41, 5.74) is 1.90. The van der Waals surface area contributed by atoms with Crippen molar-refractivity contribution < 1.29 is 9.53 Å². The first kappa shape index (κ1) is 19.7. The number of nitrogens with zero attached hydrogens (tertiary/aromatic N) is 2. The maximum absolute atomic E-state index is 12.8. The first-order valence-electron chi connectivity index (χ1n) is 9.46. The summed E-state index contributed by atoms with van der Waals surface area (Å²) in [6, 6.07) is 7.74. The van der Waals surface area contributed by atoms with Gasteiger partial charge in [-0.15, -0.1) is 12.4 Å². The van der Waals surface area contributed by atoms with Crippen LogP contribution in [0.5, 0.6) is 5.75 Å². The molecule has 1 aliphatic heterocycles. The van der Waals surface area contributed by atoms with Crippen LogP contribution in [0.2, 0.25) is 0 Å². The molecule has 0 radical (unpaired) electrons. The molecule has 1 saturated heterocycles. The zero-order valence-corrected chi connectivity index (χ0v) is 16.4. The van der Waals surface area contributed by atoms with E-state index in [1.807, 2.05) is 43.7 Å². The lowest BCUT2D eigenvalue weighted by Crippen LogP contribution is -2.28. The maximum atomic E-state index is 12.8. The molecule has 27 heavy (non-hydrogen) atoms. The van der Waals surface area contributed by atoms with Crippen LogP contribution in [0.3, 0.4) is 0 Å². The second-order valence-electron chi connectivity index (χ2n) is 7.36. The van der Waals surface area contributed by atoms with E-state index in [2.05, 4.69) is 15.7 Å². The standard InChI is InChI=1S/C20H26N4O2.ClH/c1-24-13-14(10-22-24)18-11-21-12-19(18)20(25)23-15-5-4-8-17(9-15)26-16-6-2-3-7-16;/h4-5,8-10,13,16,18-19,21H,2-3,6-7,11-12H2,1H3,(H,23,25);1H/t18-,19+;/m1./s1. The molecule has 6 nitrogen and oxygen atoms in total. The van der Waals surface area contributed by atoms with Crippen LogP contribution in [0, 0.1) is 5.92 Å². The third-order valence-corrected chi connectivity index (χ3v) is 5.41. The van der Waals surface area contributed by atoms with Crippen LogP contribution in [-0.2, 0) is 11.8 Å². The topological polar surface area (TPSA) is 68.2 Å². The Labute approximate surface area is 166 Å². The SMILES string of the molecule is Cl.Cn1cc([C@H]2CNC[C@@H]2C(=O)Nc2cccc(OC3CCCC3)c2)cn1. The summed E-state index contributed by atoms with van der Waals surface area (Å²) in [6.07, 6.45) is 8.89. The summed E-state index contributed by atoms with van der Waals surface area (Å²) < 4.78 is 7.83. The van der Waals surface area contributed by atoms with E-state index in [4.69, 9.17) is 4.74 Å². The van der Waals surface area contributed by atoms with Crippen LogP contribution >= 0.6 is 12.4 Å². The molecule has 2 aliphatic rings. The highest BCUT2D eigenvalue weighted by Gasteiger charge is 2.34. The number of carbonyl (C=O) groups excluding carboxylic acids is 1. The third-order valence-electron chi connectivity index (χ3n) is 5.41.